The lowest BCUT2D eigenvalue weighted by Gasteiger charge is -2.31. The van der Waals surface area contributed by atoms with Gasteiger partial charge in [-0.2, -0.15) is 0 Å². The lowest BCUT2D eigenvalue weighted by Crippen LogP contribution is -2.46. The first-order valence-electron chi connectivity index (χ1n) is 6.69. The molecule has 2 heterocycles. The summed E-state index contributed by atoms with van der Waals surface area (Å²) in [5, 5.41) is 3.59. The molecule has 2 unspecified atom stereocenters. The highest BCUT2D eigenvalue weighted by Crippen LogP contribution is 2.34. The molecular formula is C13H22N4. The number of fused-ring (bicyclic) bond motifs is 1. The third-order valence-electron chi connectivity index (χ3n) is 4.32. The van der Waals surface area contributed by atoms with E-state index in [1.807, 2.05) is 6.33 Å². The fourth-order valence-corrected chi connectivity index (χ4v) is 2.81. The number of aromatic amines is 1. The van der Waals surface area contributed by atoms with Crippen LogP contribution < -0.4 is 5.32 Å². The summed E-state index contributed by atoms with van der Waals surface area (Å²) < 4.78 is 0. The van der Waals surface area contributed by atoms with Crippen molar-refractivity contribution in [2.75, 3.05) is 13.6 Å². The van der Waals surface area contributed by atoms with E-state index in [2.05, 4.69) is 34.2 Å². The third kappa shape index (κ3) is 2.38. The molecule has 17 heavy (non-hydrogen) atoms. The second-order valence-corrected chi connectivity index (χ2v) is 5.63. The van der Waals surface area contributed by atoms with Gasteiger partial charge in [0, 0.05) is 31.6 Å². The molecule has 0 radical (unpaired) electrons. The van der Waals surface area contributed by atoms with E-state index in [1.54, 1.807) is 0 Å². The van der Waals surface area contributed by atoms with E-state index < -0.39 is 0 Å². The molecule has 0 bridgehead atoms. The van der Waals surface area contributed by atoms with Crippen molar-refractivity contribution in [2.24, 2.45) is 5.92 Å². The molecule has 3 rings (SSSR count). The number of likely N-dealkylation sites (N-methyl/N-ethyl adjacent to an activating group) is 1. The molecule has 2 N–H and O–H groups in total. The molecule has 94 valence electrons. The average molecular weight is 234 g/mol. The van der Waals surface area contributed by atoms with Gasteiger partial charge < -0.3 is 15.2 Å². The van der Waals surface area contributed by atoms with Crippen molar-refractivity contribution in [3.05, 3.63) is 17.7 Å². The summed E-state index contributed by atoms with van der Waals surface area (Å²) in [6, 6.07) is 1.29. The lowest BCUT2D eigenvalue weighted by molar-refractivity contribution is 0.205. The molecule has 0 spiro atoms. The smallest absolute Gasteiger partial charge is 0.0925 e. The number of nitrogens with zero attached hydrogens (tertiary/aromatic N) is 2. The van der Waals surface area contributed by atoms with Gasteiger partial charge in [-0.25, -0.2) is 4.98 Å². The standard InChI is InChI=1S/C13H22N4/c1-9(10-3-4-10)17(2)7-11-5-12-13(6-14-11)16-8-15-12/h8-11,14H,3-7H2,1-2H3,(H,15,16). The molecule has 1 saturated carbocycles. The predicted molar refractivity (Wildman–Crippen MR) is 67.7 cm³/mol. The molecule has 2 aliphatic rings. The Balaban J connectivity index is 1.56. The molecule has 1 aromatic rings. The Morgan fingerprint density at radius 3 is 3.12 bits per heavy atom. The zero-order valence-electron chi connectivity index (χ0n) is 10.7. The summed E-state index contributed by atoms with van der Waals surface area (Å²) in [4.78, 5) is 10.1. The molecule has 1 aliphatic heterocycles. The van der Waals surface area contributed by atoms with Gasteiger partial charge in [-0.05, 0) is 32.7 Å². The summed E-state index contributed by atoms with van der Waals surface area (Å²) >= 11 is 0. The first-order valence-corrected chi connectivity index (χ1v) is 6.69. The maximum Gasteiger partial charge on any atom is 0.0925 e. The van der Waals surface area contributed by atoms with E-state index in [1.165, 1.54) is 24.2 Å². The van der Waals surface area contributed by atoms with Crippen LogP contribution in [0.15, 0.2) is 6.33 Å². The van der Waals surface area contributed by atoms with E-state index in [-0.39, 0.29) is 0 Å². The van der Waals surface area contributed by atoms with Crippen molar-refractivity contribution < 1.29 is 0 Å². The van der Waals surface area contributed by atoms with E-state index in [9.17, 15) is 0 Å². The zero-order chi connectivity index (χ0) is 11.8. The molecule has 1 aliphatic carbocycles. The average Bonchev–Trinajstić information content (AvgIpc) is 3.07. The number of imidazole rings is 1. The Morgan fingerprint density at radius 1 is 1.53 bits per heavy atom. The number of rotatable bonds is 4. The fraction of sp³-hybridized carbons (Fsp3) is 0.769. The molecule has 4 heteroatoms. The summed E-state index contributed by atoms with van der Waals surface area (Å²) in [5.74, 6) is 0.949. The van der Waals surface area contributed by atoms with Crippen molar-refractivity contribution in [3.8, 4) is 0 Å². The van der Waals surface area contributed by atoms with Crippen LogP contribution in [0, 0.1) is 5.92 Å². The van der Waals surface area contributed by atoms with Crippen LogP contribution in [0.4, 0.5) is 0 Å². The van der Waals surface area contributed by atoms with Crippen molar-refractivity contribution in [3.63, 3.8) is 0 Å². The SMILES string of the molecule is CC(C1CC1)N(C)CC1Cc2nc[nH]c2CN1. The third-order valence-corrected chi connectivity index (χ3v) is 4.32. The van der Waals surface area contributed by atoms with E-state index in [0.29, 0.717) is 6.04 Å². The highest BCUT2D eigenvalue weighted by atomic mass is 15.2. The molecule has 1 aromatic heterocycles. The minimum absolute atomic E-state index is 0.553. The predicted octanol–water partition coefficient (Wildman–Crippen LogP) is 1.15. The van der Waals surface area contributed by atoms with E-state index in [4.69, 9.17) is 0 Å². The summed E-state index contributed by atoms with van der Waals surface area (Å²) in [6.07, 6.45) is 5.71. The van der Waals surface area contributed by atoms with Crippen molar-refractivity contribution >= 4 is 0 Å². The number of hydrogen-bond donors (Lipinski definition) is 2. The van der Waals surface area contributed by atoms with E-state index >= 15 is 0 Å². The highest BCUT2D eigenvalue weighted by Gasteiger charge is 2.31. The van der Waals surface area contributed by atoms with Gasteiger partial charge >= 0.3 is 0 Å². The number of hydrogen-bond acceptors (Lipinski definition) is 3. The van der Waals surface area contributed by atoms with Crippen molar-refractivity contribution in [1.29, 1.82) is 0 Å². The zero-order valence-corrected chi connectivity index (χ0v) is 10.7. The largest absolute Gasteiger partial charge is 0.347 e. The molecule has 0 aromatic carbocycles. The monoisotopic (exact) mass is 234 g/mol. The summed E-state index contributed by atoms with van der Waals surface area (Å²) in [7, 11) is 2.25. The second kappa shape index (κ2) is 4.42. The van der Waals surface area contributed by atoms with Crippen LogP contribution in [-0.4, -0.2) is 40.5 Å². The Hall–Kier alpha value is -0.870. The normalized spacial score (nSPS) is 25.9. The van der Waals surface area contributed by atoms with Crippen LogP contribution in [0.5, 0.6) is 0 Å². The maximum atomic E-state index is 4.39. The van der Waals surface area contributed by atoms with Gasteiger partial charge in [0.1, 0.15) is 0 Å². The van der Waals surface area contributed by atoms with Crippen LogP contribution in [-0.2, 0) is 13.0 Å². The van der Waals surface area contributed by atoms with Gasteiger partial charge in [0.25, 0.3) is 0 Å². The van der Waals surface area contributed by atoms with Crippen molar-refractivity contribution in [2.45, 2.75) is 44.8 Å². The first-order chi connectivity index (χ1) is 8.24. The Labute approximate surface area is 103 Å². The Kier molecular flexibility index (Phi) is 2.92. The highest BCUT2D eigenvalue weighted by molar-refractivity contribution is 5.16. The molecular weight excluding hydrogens is 212 g/mol. The topological polar surface area (TPSA) is 44.0 Å². The molecule has 0 amide bonds. The van der Waals surface area contributed by atoms with Crippen LogP contribution in [0.25, 0.3) is 0 Å². The van der Waals surface area contributed by atoms with Crippen LogP contribution in [0.3, 0.4) is 0 Å². The van der Waals surface area contributed by atoms with Gasteiger partial charge in [-0.15, -0.1) is 0 Å². The molecule has 2 atom stereocenters. The number of H-pyrrole nitrogens is 1. The van der Waals surface area contributed by atoms with Gasteiger partial charge in [-0.3, -0.25) is 0 Å². The molecule has 4 nitrogen and oxygen atoms in total. The first kappa shape index (κ1) is 11.2. The van der Waals surface area contributed by atoms with E-state index in [0.717, 1.165) is 31.5 Å². The maximum absolute atomic E-state index is 4.39. The number of nitrogens with one attached hydrogen (secondary N) is 2. The fourth-order valence-electron chi connectivity index (χ4n) is 2.81. The van der Waals surface area contributed by atoms with Gasteiger partial charge in [0.2, 0.25) is 0 Å². The minimum atomic E-state index is 0.553. The quantitative estimate of drug-likeness (QED) is 0.821. The molecule has 1 fully saturated rings. The van der Waals surface area contributed by atoms with Gasteiger partial charge in [0.15, 0.2) is 0 Å². The lowest BCUT2D eigenvalue weighted by atomic mass is 10.0. The van der Waals surface area contributed by atoms with Crippen LogP contribution >= 0.6 is 0 Å². The van der Waals surface area contributed by atoms with Crippen LogP contribution in [0.2, 0.25) is 0 Å². The van der Waals surface area contributed by atoms with Crippen LogP contribution in [0.1, 0.15) is 31.2 Å². The Bertz CT molecular complexity index is 383. The second-order valence-electron chi connectivity index (χ2n) is 5.63. The molecule has 0 saturated heterocycles. The summed E-state index contributed by atoms with van der Waals surface area (Å²) in [5.41, 5.74) is 2.51. The van der Waals surface area contributed by atoms with Gasteiger partial charge in [-0.1, -0.05) is 0 Å². The van der Waals surface area contributed by atoms with Crippen molar-refractivity contribution in [1.82, 2.24) is 20.2 Å². The van der Waals surface area contributed by atoms with Gasteiger partial charge in [0.05, 0.1) is 17.7 Å². The number of aromatic nitrogens is 2. The minimum Gasteiger partial charge on any atom is -0.347 e. The summed E-state index contributed by atoms with van der Waals surface area (Å²) in [6.45, 7) is 4.43. The Morgan fingerprint density at radius 2 is 2.35 bits per heavy atom.